The number of methoxy groups -OCH3 is 2. The fourth-order valence-electron chi connectivity index (χ4n) is 7.23. The highest BCUT2D eigenvalue weighted by atomic mass is 35.5. The lowest BCUT2D eigenvalue weighted by molar-refractivity contribution is -0.384. The molecule has 1 amide bonds. The van der Waals surface area contributed by atoms with Crippen LogP contribution in [0.3, 0.4) is 0 Å². The summed E-state index contributed by atoms with van der Waals surface area (Å²) >= 11 is 7.75. The number of hydrogen-bond donors (Lipinski definition) is 2. The molecule has 62 heavy (non-hydrogen) atoms. The fraction of sp³-hybridized carbons (Fsp3) is 0.326. The van der Waals surface area contributed by atoms with E-state index in [4.69, 9.17) is 21.1 Å². The quantitative estimate of drug-likeness (QED) is 0.0396. The number of nitro groups is 1. The van der Waals surface area contributed by atoms with Gasteiger partial charge in [0.1, 0.15) is 5.69 Å². The van der Waals surface area contributed by atoms with Gasteiger partial charge in [-0.05, 0) is 83.8 Å². The highest BCUT2D eigenvalue weighted by molar-refractivity contribution is 7.99. The zero-order chi connectivity index (χ0) is 43.9. The van der Waals surface area contributed by atoms with Gasteiger partial charge in [-0.1, -0.05) is 66.2 Å². The minimum atomic E-state index is -4.47. The van der Waals surface area contributed by atoms with E-state index in [0.717, 1.165) is 54.9 Å². The van der Waals surface area contributed by atoms with Gasteiger partial charge in [-0.3, -0.25) is 24.7 Å². The van der Waals surface area contributed by atoms with Gasteiger partial charge in [0.25, 0.3) is 21.6 Å². The molecular formula is C46H53ClN6O7S2. The average Bonchev–Trinajstić information content (AvgIpc) is 3.28. The normalized spacial score (nSPS) is 13.8. The predicted octanol–water partition coefficient (Wildman–Crippen LogP) is 7.91. The van der Waals surface area contributed by atoms with E-state index >= 15 is 0 Å². The number of benzene rings is 5. The summed E-state index contributed by atoms with van der Waals surface area (Å²) in [6, 6.07) is 36.3. The maximum absolute atomic E-state index is 13.5. The van der Waals surface area contributed by atoms with Gasteiger partial charge in [0.05, 0.1) is 23.0 Å². The van der Waals surface area contributed by atoms with Gasteiger partial charge in [0.2, 0.25) is 0 Å². The molecule has 1 atom stereocenters. The Kier molecular flexibility index (Phi) is 17.2. The number of amides is 1. The number of nitro benzene ring substituents is 1. The van der Waals surface area contributed by atoms with E-state index in [-0.39, 0.29) is 17.3 Å². The topological polar surface area (TPSA) is 147 Å². The maximum Gasteiger partial charge on any atom is 0.293 e. The lowest BCUT2D eigenvalue weighted by Crippen LogP contribution is -2.46. The van der Waals surface area contributed by atoms with E-state index in [1.807, 2.05) is 60.7 Å². The Labute approximate surface area is 373 Å². The first-order valence-electron chi connectivity index (χ1n) is 20.4. The van der Waals surface area contributed by atoms with Gasteiger partial charge in [0.15, 0.2) is 0 Å². The van der Waals surface area contributed by atoms with Crippen molar-refractivity contribution in [1.29, 1.82) is 0 Å². The summed E-state index contributed by atoms with van der Waals surface area (Å²) in [5.41, 5.74) is 4.37. The van der Waals surface area contributed by atoms with Crippen molar-refractivity contribution in [1.82, 2.24) is 14.5 Å². The average molecular weight is 902 g/mol. The number of rotatable bonds is 22. The largest absolute Gasteiger partial charge is 0.383 e. The molecule has 1 heterocycles. The smallest absolute Gasteiger partial charge is 0.293 e. The van der Waals surface area contributed by atoms with E-state index in [1.165, 1.54) is 23.3 Å². The molecule has 6 rings (SSSR count). The van der Waals surface area contributed by atoms with E-state index in [1.54, 1.807) is 50.2 Å². The first-order chi connectivity index (χ1) is 30.0. The van der Waals surface area contributed by atoms with Crippen LogP contribution >= 0.6 is 23.4 Å². The van der Waals surface area contributed by atoms with Crippen LogP contribution in [0.4, 0.5) is 17.1 Å². The number of carbonyl (C=O) groups is 1. The number of hydrogen-bond acceptors (Lipinski definition) is 12. The maximum atomic E-state index is 13.5. The molecule has 0 bridgehead atoms. The van der Waals surface area contributed by atoms with Crippen LogP contribution in [0.15, 0.2) is 131 Å². The van der Waals surface area contributed by atoms with Gasteiger partial charge in [-0.15, -0.1) is 11.8 Å². The molecule has 16 heteroatoms. The predicted molar refractivity (Wildman–Crippen MR) is 248 cm³/mol. The second-order valence-electron chi connectivity index (χ2n) is 14.9. The molecule has 1 aliphatic rings. The third kappa shape index (κ3) is 13.3. The van der Waals surface area contributed by atoms with Crippen molar-refractivity contribution in [3.05, 3.63) is 148 Å². The Bertz CT molecular complexity index is 2330. The van der Waals surface area contributed by atoms with Crippen LogP contribution in [0.25, 0.3) is 11.1 Å². The van der Waals surface area contributed by atoms with Crippen LogP contribution in [0.1, 0.15) is 22.3 Å². The molecule has 0 saturated carbocycles. The Morgan fingerprint density at radius 2 is 1.52 bits per heavy atom. The number of ether oxygens (including phenoxy) is 2. The Hall–Kier alpha value is -5.00. The van der Waals surface area contributed by atoms with Crippen LogP contribution in [0, 0.1) is 10.1 Å². The zero-order valence-electron chi connectivity index (χ0n) is 35.0. The minimum Gasteiger partial charge on any atom is -0.383 e. The molecule has 0 aromatic heterocycles. The number of carbonyl (C=O) groups excluding carboxylic acids is 1. The molecule has 0 aliphatic carbocycles. The molecule has 0 unspecified atom stereocenters. The number of thioether (sulfide) groups is 1. The van der Waals surface area contributed by atoms with Crippen molar-refractivity contribution < 1.29 is 27.6 Å². The molecule has 2 N–H and O–H groups in total. The second kappa shape index (κ2) is 22.9. The minimum absolute atomic E-state index is 0.145. The summed E-state index contributed by atoms with van der Waals surface area (Å²) in [5.74, 6) is -0.245. The van der Waals surface area contributed by atoms with Crippen molar-refractivity contribution in [2.75, 3.05) is 89.2 Å². The van der Waals surface area contributed by atoms with Crippen molar-refractivity contribution >= 4 is 56.4 Å². The number of halogens is 1. The summed E-state index contributed by atoms with van der Waals surface area (Å²) in [6.45, 7) is 7.20. The molecule has 5 aromatic rings. The second-order valence-corrected chi connectivity index (χ2v) is 18.1. The molecule has 328 valence electrons. The molecule has 1 saturated heterocycles. The SMILES string of the molecule is COCCN(CCOC)CC[C@H](CSc1ccccc1)Nc1ccc(S(=O)(=O)NC(=O)c2ccc(N3CCN(Cc4ccccc4-c4ccc(Cl)cc4)CC3)cc2)cc1[N+](=O)[O-]. The number of sulfonamides is 1. The van der Waals surface area contributed by atoms with Crippen LogP contribution in [0.5, 0.6) is 0 Å². The monoisotopic (exact) mass is 900 g/mol. The fourth-order valence-corrected chi connectivity index (χ4v) is 9.35. The summed E-state index contributed by atoms with van der Waals surface area (Å²) in [5, 5.41) is 16.4. The van der Waals surface area contributed by atoms with Crippen LogP contribution in [0.2, 0.25) is 5.02 Å². The summed E-state index contributed by atoms with van der Waals surface area (Å²) in [4.78, 5) is 32.6. The standard InChI is InChI=1S/C46H53ClN6O7S2/c1-59-30-28-50(29-31-60-2)23-22-39(34-61-41-9-4-3-5-10-41)48-44-21-20-42(32-45(44)53(55)56)62(57,58)49-46(54)36-14-18-40(19-15-36)52-26-24-51(25-27-52)33-37-8-6-7-11-43(37)35-12-16-38(47)17-13-35/h3-21,32,39,48H,22-31,33-34H2,1-2H3,(H,49,54)/t39-/m1/s1. The zero-order valence-corrected chi connectivity index (χ0v) is 37.3. The van der Waals surface area contributed by atoms with Crippen LogP contribution in [-0.4, -0.2) is 114 Å². The summed E-state index contributed by atoms with van der Waals surface area (Å²) < 4.78 is 39.7. The third-order valence-electron chi connectivity index (χ3n) is 10.7. The van der Waals surface area contributed by atoms with Crippen molar-refractivity contribution in [2.45, 2.75) is 28.8 Å². The molecular weight excluding hydrogens is 848 g/mol. The first kappa shape index (κ1) is 46.5. The highest BCUT2D eigenvalue weighted by Gasteiger charge is 2.26. The molecule has 0 spiro atoms. The molecule has 0 radical (unpaired) electrons. The Balaban J connectivity index is 1.07. The number of nitrogens with zero attached hydrogens (tertiary/aromatic N) is 4. The number of piperazine rings is 1. The first-order valence-corrected chi connectivity index (χ1v) is 23.3. The van der Waals surface area contributed by atoms with Gasteiger partial charge >= 0.3 is 0 Å². The van der Waals surface area contributed by atoms with Gasteiger partial charge in [-0.25, -0.2) is 13.1 Å². The van der Waals surface area contributed by atoms with Crippen LogP contribution in [-0.2, 0) is 26.0 Å². The van der Waals surface area contributed by atoms with Crippen molar-refractivity contribution in [3.8, 4) is 11.1 Å². The highest BCUT2D eigenvalue weighted by Crippen LogP contribution is 2.31. The summed E-state index contributed by atoms with van der Waals surface area (Å²) in [7, 11) is -1.17. The van der Waals surface area contributed by atoms with Gasteiger partial charge in [-0.2, -0.15) is 0 Å². The molecule has 1 aliphatic heterocycles. The lowest BCUT2D eigenvalue weighted by Gasteiger charge is -2.36. The van der Waals surface area contributed by atoms with Crippen LogP contribution < -0.4 is 14.9 Å². The van der Waals surface area contributed by atoms with Crippen molar-refractivity contribution in [2.24, 2.45) is 0 Å². The number of anilines is 2. The van der Waals surface area contributed by atoms with E-state index < -0.39 is 31.4 Å². The third-order valence-corrected chi connectivity index (χ3v) is 13.5. The summed E-state index contributed by atoms with van der Waals surface area (Å²) in [6.07, 6.45) is 0.635. The number of nitrogens with one attached hydrogen (secondary N) is 2. The molecule has 1 fully saturated rings. The lowest BCUT2D eigenvalue weighted by atomic mass is 9.99. The van der Waals surface area contributed by atoms with Gasteiger partial charge in [0, 0.05) is 106 Å². The van der Waals surface area contributed by atoms with E-state index in [2.05, 4.69) is 42.9 Å². The Morgan fingerprint density at radius 1 is 0.855 bits per heavy atom. The van der Waals surface area contributed by atoms with E-state index in [0.29, 0.717) is 50.0 Å². The molecule has 13 nitrogen and oxygen atoms in total. The van der Waals surface area contributed by atoms with Gasteiger partial charge < -0.3 is 19.7 Å². The molecule has 5 aromatic carbocycles. The van der Waals surface area contributed by atoms with E-state index in [9.17, 15) is 23.3 Å². The Morgan fingerprint density at radius 3 is 2.18 bits per heavy atom. The van der Waals surface area contributed by atoms with Crippen molar-refractivity contribution in [3.63, 3.8) is 0 Å².